The molecule has 0 radical (unpaired) electrons. The van der Waals surface area contributed by atoms with Crippen LogP contribution in [0.25, 0.3) is 0 Å². The molecule has 1 saturated heterocycles. The van der Waals surface area contributed by atoms with Gasteiger partial charge in [-0.15, -0.1) is 0 Å². The fourth-order valence-corrected chi connectivity index (χ4v) is 6.23. The molecule has 0 unspecified atom stereocenters. The molecule has 4 rings (SSSR count). The van der Waals surface area contributed by atoms with Crippen molar-refractivity contribution in [3.63, 3.8) is 0 Å². The summed E-state index contributed by atoms with van der Waals surface area (Å²) in [6.07, 6.45) is -0.226. The number of sulfonamides is 1. The van der Waals surface area contributed by atoms with Crippen LogP contribution in [0.4, 0.5) is 0 Å². The molecule has 0 saturated carbocycles. The molecule has 3 aromatic carbocycles. The van der Waals surface area contributed by atoms with Gasteiger partial charge in [-0.3, -0.25) is 4.90 Å². The number of hydrogen-bond acceptors (Lipinski definition) is 5. The first-order valence-corrected chi connectivity index (χ1v) is 13.5. The van der Waals surface area contributed by atoms with E-state index >= 15 is 0 Å². The van der Waals surface area contributed by atoms with E-state index in [0.29, 0.717) is 44.4 Å². The van der Waals surface area contributed by atoms with Crippen LogP contribution >= 0.6 is 23.2 Å². The Hall–Kier alpha value is -2.13. The third-order valence-corrected chi connectivity index (χ3v) is 8.65. The largest absolute Gasteiger partial charge is 0.497 e. The van der Waals surface area contributed by atoms with Crippen LogP contribution in [0.5, 0.6) is 5.75 Å². The molecule has 0 N–H and O–H groups in total. The Balaban J connectivity index is 1.45. The first-order chi connectivity index (χ1) is 16.9. The monoisotopic (exact) mass is 534 g/mol. The average Bonchev–Trinajstić information content (AvgIpc) is 2.87. The fourth-order valence-electron chi connectivity index (χ4n) is 4.10. The minimum absolute atomic E-state index is 0.147. The maximum Gasteiger partial charge on any atom is 0.244 e. The van der Waals surface area contributed by atoms with E-state index in [1.807, 2.05) is 48.5 Å². The molecule has 0 amide bonds. The van der Waals surface area contributed by atoms with Gasteiger partial charge in [0.1, 0.15) is 10.6 Å². The van der Waals surface area contributed by atoms with Gasteiger partial charge in [-0.05, 0) is 47.5 Å². The molecular weight excluding hydrogens is 507 g/mol. The minimum Gasteiger partial charge on any atom is -0.497 e. The highest BCUT2D eigenvalue weighted by Crippen LogP contribution is 2.28. The molecule has 1 fully saturated rings. The van der Waals surface area contributed by atoms with E-state index in [0.717, 1.165) is 16.9 Å². The Morgan fingerprint density at radius 3 is 2.37 bits per heavy atom. The SMILES string of the molecule is COc1cccc([C@H](CN2CCN(S(=O)(=O)c3ccccc3Cl)CC2)OCc2cccc(Cl)c2)c1. The van der Waals surface area contributed by atoms with Gasteiger partial charge in [-0.25, -0.2) is 8.42 Å². The molecule has 0 spiro atoms. The third kappa shape index (κ3) is 6.55. The lowest BCUT2D eigenvalue weighted by Gasteiger charge is -2.36. The molecule has 186 valence electrons. The summed E-state index contributed by atoms with van der Waals surface area (Å²) in [5.41, 5.74) is 1.98. The Bertz CT molecular complexity index is 1250. The molecule has 1 aliphatic heterocycles. The van der Waals surface area contributed by atoms with E-state index in [-0.39, 0.29) is 16.0 Å². The van der Waals surface area contributed by atoms with Crippen molar-refractivity contribution < 1.29 is 17.9 Å². The van der Waals surface area contributed by atoms with Gasteiger partial charge in [0.15, 0.2) is 0 Å². The quantitative estimate of drug-likeness (QED) is 0.374. The highest BCUT2D eigenvalue weighted by atomic mass is 35.5. The van der Waals surface area contributed by atoms with Crippen LogP contribution in [0, 0.1) is 0 Å². The summed E-state index contributed by atoms with van der Waals surface area (Å²) in [6, 6.07) is 22.0. The molecule has 3 aromatic rings. The lowest BCUT2D eigenvalue weighted by atomic mass is 10.1. The number of ether oxygens (including phenoxy) is 2. The maximum absolute atomic E-state index is 13.1. The van der Waals surface area contributed by atoms with Crippen LogP contribution in [0.2, 0.25) is 10.0 Å². The van der Waals surface area contributed by atoms with Crippen LogP contribution in [-0.4, -0.2) is 57.5 Å². The summed E-state index contributed by atoms with van der Waals surface area (Å²) in [5, 5.41) is 0.905. The summed E-state index contributed by atoms with van der Waals surface area (Å²) in [4.78, 5) is 2.37. The number of rotatable bonds is 9. The van der Waals surface area contributed by atoms with Gasteiger partial charge in [-0.1, -0.05) is 59.6 Å². The van der Waals surface area contributed by atoms with Gasteiger partial charge in [0.2, 0.25) is 10.0 Å². The molecule has 0 bridgehead atoms. The lowest BCUT2D eigenvalue weighted by molar-refractivity contribution is 0.00763. The zero-order valence-corrected chi connectivity index (χ0v) is 21.8. The average molecular weight is 535 g/mol. The standard InChI is InChI=1S/C26H28Cl2N2O4S/c1-33-23-9-5-7-21(17-23)25(34-19-20-6-4-8-22(27)16-20)18-29-12-14-30(15-13-29)35(31,32)26-11-3-2-10-24(26)28/h2-11,16-17,25H,12-15,18-19H2,1H3/t25-/m0/s1. The first-order valence-electron chi connectivity index (χ1n) is 11.3. The number of benzene rings is 3. The van der Waals surface area contributed by atoms with Crippen LogP contribution in [0.1, 0.15) is 17.2 Å². The normalized spacial score (nSPS) is 16.2. The van der Waals surface area contributed by atoms with Gasteiger partial charge < -0.3 is 9.47 Å². The van der Waals surface area contributed by atoms with Crippen LogP contribution in [0.3, 0.4) is 0 Å². The summed E-state index contributed by atoms with van der Waals surface area (Å²) < 4.78 is 39.4. The number of methoxy groups -OCH3 is 1. The second kappa shape index (κ2) is 11.7. The topological polar surface area (TPSA) is 59.1 Å². The van der Waals surface area contributed by atoms with E-state index in [1.165, 1.54) is 4.31 Å². The minimum atomic E-state index is -3.64. The van der Waals surface area contributed by atoms with Crippen molar-refractivity contribution in [2.24, 2.45) is 0 Å². The Morgan fingerprint density at radius 1 is 0.914 bits per heavy atom. The van der Waals surface area contributed by atoms with Crippen molar-refractivity contribution in [2.45, 2.75) is 17.6 Å². The van der Waals surface area contributed by atoms with Crippen molar-refractivity contribution in [1.29, 1.82) is 0 Å². The van der Waals surface area contributed by atoms with Crippen molar-refractivity contribution in [3.8, 4) is 5.75 Å². The van der Waals surface area contributed by atoms with Crippen LogP contribution in [0.15, 0.2) is 77.7 Å². The van der Waals surface area contributed by atoms with Crippen molar-refractivity contribution >= 4 is 33.2 Å². The summed E-state index contributed by atoms with van der Waals surface area (Å²) in [5.74, 6) is 0.759. The Morgan fingerprint density at radius 2 is 1.66 bits per heavy atom. The molecule has 35 heavy (non-hydrogen) atoms. The van der Waals surface area contributed by atoms with Gasteiger partial charge in [0.05, 0.1) is 24.8 Å². The Labute approximate surface area is 217 Å². The van der Waals surface area contributed by atoms with Crippen LogP contribution < -0.4 is 4.74 Å². The number of hydrogen-bond donors (Lipinski definition) is 0. The number of piperazine rings is 1. The van der Waals surface area contributed by atoms with Gasteiger partial charge >= 0.3 is 0 Å². The predicted octanol–water partition coefficient (Wildman–Crippen LogP) is 5.27. The molecule has 0 aromatic heterocycles. The molecule has 1 aliphatic rings. The van der Waals surface area contributed by atoms with Crippen molar-refractivity contribution in [1.82, 2.24) is 9.21 Å². The van der Waals surface area contributed by atoms with E-state index < -0.39 is 10.0 Å². The van der Waals surface area contributed by atoms with Crippen molar-refractivity contribution in [2.75, 3.05) is 39.8 Å². The predicted molar refractivity (Wildman–Crippen MR) is 139 cm³/mol. The zero-order chi connectivity index (χ0) is 24.8. The van der Waals surface area contributed by atoms with Crippen LogP contribution in [-0.2, 0) is 21.4 Å². The number of halogens is 2. The van der Waals surface area contributed by atoms with E-state index in [9.17, 15) is 8.42 Å². The van der Waals surface area contributed by atoms with E-state index in [1.54, 1.807) is 31.4 Å². The number of nitrogens with zero attached hydrogens (tertiary/aromatic N) is 2. The van der Waals surface area contributed by atoms with E-state index in [2.05, 4.69) is 4.90 Å². The zero-order valence-electron chi connectivity index (χ0n) is 19.4. The van der Waals surface area contributed by atoms with E-state index in [4.69, 9.17) is 32.7 Å². The summed E-state index contributed by atoms with van der Waals surface area (Å²) in [6.45, 7) is 2.96. The highest BCUT2D eigenvalue weighted by Gasteiger charge is 2.31. The van der Waals surface area contributed by atoms with Crippen molar-refractivity contribution in [3.05, 3.63) is 94.0 Å². The third-order valence-electron chi connectivity index (χ3n) is 6.02. The van der Waals surface area contributed by atoms with Gasteiger partial charge in [-0.2, -0.15) is 4.31 Å². The second-order valence-electron chi connectivity index (χ2n) is 8.34. The highest BCUT2D eigenvalue weighted by molar-refractivity contribution is 7.89. The molecular formula is C26H28Cl2N2O4S. The summed E-state index contributed by atoms with van der Waals surface area (Å²) in [7, 11) is -2.00. The Kier molecular flexibility index (Phi) is 8.70. The van der Waals surface area contributed by atoms with Gasteiger partial charge in [0.25, 0.3) is 0 Å². The molecule has 6 nitrogen and oxygen atoms in total. The molecule has 0 aliphatic carbocycles. The second-order valence-corrected chi connectivity index (χ2v) is 11.1. The van der Waals surface area contributed by atoms with Gasteiger partial charge in [0, 0.05) is 37.7 Å². The maximum atomic E-state index is 13.1. The fraction of sp³-hybridized carbons (Fsp3) is 0.308. The molecule has 1 heterocycles. The smallest absolute Gasteiger partial charge is 0.244 e. The molecule has 1 atom stereocenters. The lowest BCUT2D eigenvalue weighted by Crippen LogP contribution is -2.49. The first kappa shape index (κ1) is 25.9. The molecule has 9 heteroatoms. The summed E-state index contributed by atoms with van der Waals surface area (Å²) >= 11 is 12.3.